The van der Waals surface area contributed by atoms with E-state index in [1.807, 2.05) is 152 Å². The van der Waals surface area contributed by atoms with Gasteiger partial charge in [0.2, 0.25) is 17.7 Å². The zero-order chi connectivity index (χ0) is 38.4. The van der Waals surface area contributed by atoms with E-state index in [1.54, 1.807) is 20.8 Å². The Morgan fingerprint density at radius 1 is 0.556 bits per heavy atom. The average molecular weight is 725 g/mol. The predicted molar refractivity (Wildman–Crippen MR) is 210 cm³/mol. The molecule has 4 amide bonds. The molecule has 0 saturated carbocycles. The molecule has 0 saturated heterocycles. The molecule has 0 fully saturated rings. The molecule has 0 aliphatic rings. The molecule has 9 nitrogen and oxygen atoms in total. The van der Waals surface area contributed by atoms with Gasteiger partial charge in [-0.2, -0.15) is 0 Å². The summed E-state index contributed by atoms with van der Waals surface area (Å²) in [7, 11) is 0. The van der Waals surface area contributed by atoms with Crippen molar-refractivity contribution in [3.63, 3.8) is 0 Å². The smallest absolute Gasteiger partial charge is 0.408 e. The van der Waals surface area contributed by atoms with Crippen molar-refractivity contribution >= 4 is 23.8 Å². The van der Waals surface area contributed by atoms with E-state index in [9.17, 15) is 19.2 Å². The van der Waals surface area contributed by atoms with E-state index < -0.39 is 41.1 Å². The Bertz CT molecular complexity index is 1850. The molecular formula is C45H48N4O5. The number of rotatable bonds is 15. The quantitative estimate of drug-likeness (QED) is 0.0884. The van der Waals surface area contributed by atoms with Crippen LogP contribution in [0, 0.1) is 0 Å². The molecular weight excluding hydrogens is 677 g/mol. The van der Waals surface area contributed by atoms with E-state index in [0.29, 0.717) is 0 Å². The topological polar surface area (TPSA) is 126 Å². The van der Waals surface area contributed by atoms with E-state index in [2.05, 4.69) is 21.3 Å². The van der Waals surface area contributed by atoms with Crippen molar-refractivity contribution in [2.24, 2.45) is 0 Å². The first-order valence-electron chi connectivity index (χ1n) is 18.2. The van der Waals surface area contributed by atoms with Crippen molar-refractivity contribution in [1.82, 2.24) is 21.3 Å². The van der Waals surface area contributed by atoms with Crippen molar-refractivity contribution in [1.29, 1.82) is 0 Å². The third kappa shape index (κ3) is 10.9. The molecule has 278 valence electrons. The summed E-state index contributed by atoms with van der Waals surface area (Å²) in [6, 6.07) is 45.7. The van der Waals surface area contributed by atoms with E-state index in [0.717, 1.165) is 27.8 Å². The van der Waals surface area contributed by atoms with Crippen molar-refractivity contribution in [3.8, 4) is 0 Å². The number of hydrogen-bond acceptors (Lipinski definition) is 5. The Kier molecular flexibility index (Phi) is 13.4. The van der Waals surface area contributed by atoms with Crippen LogP contribution in [0.2, 0.25) is 0 Å². The Labute approximate surface area is 317 Å². The van der Waals surface area contributed by atoms with Crippen LogP contribution in [0.25, 0.3) is 0 Å². The zero-order valence-electron chi connectivity index (χ0n) is 31.0. The maximum Gasteiger partial charge on any atom is 0.408 e. The summed E-state index contributed by atoms with van der Waals surface area (Å²) < 4.78 is 5.47. The predicted octanol–water partition coefficient (Wildman–Crippen LogP) is 6.81. The maximum absolute atomic E-state index is 14.2. The lowest BCUT2D eigenvalue weighted by molar-refractivity contribution is -0.131. The molecule has 0 bridgehead atoms. The van der Waals surface area contributed by atoms with Crippen LogP contribution in [0.1, 0.15) is 61.4 Å². The van der Waals surface area contributed by atoms with Crippen molar-refractivity contribution in [2.45, 2.75) is 69.8 Å². The summed E-state index contributed by atoms with van der Waals surface area (Å²) in [5.74, 6) is -1.37. The number of amides is 4. The van der Waals surface area contributed by atoms with Crippen LogP contribution < -0.4 is 21.3 Å². The van der Waals surface area contributed by atoms with Crippen LogP contribution in [0.15, 0.2) is 152 Å². The van der Waals surface area contributed by atoms with Crippen molar-refractivity contribution in [3.05, 3.63) is 179 Å². The minimum atomic E-state index is -1.11. The molecule has 4 N–H and O–H groups in total. The van der Waals surface area contributed by atoms with Gasteiger partial charge in [-0.3, -0.25) is 14.4 Å². The number of carbonyl (C=O) groups is 4. The first-order valence-corrected chi connectivity index (χ1v) is 18.2. The molecule has 0 radical (unpaired) electrons. The lowest BCUT2D eigenvalue weighted by atomic mass is 9.77. The Morgan fingerprint density at radius 3 is 1.46 bits per heavy atom. The fourth-order valence-electron chi connectivity index (χ4n) is 6.29. The second-order valence-electron chi connectivity index (χ2n) is 14.1. The molecule has 5 aromatic carbocycles. The first kappa shape index (κ1) is 39.0. The largest absolute Gasteiger partial charge is 0.444 e. The number of alkyl carbamates (subject to hydrolysis) is 1. The number of carbonyl (C=O) groups excluding carboxylic acids is 4. The summed E-state index contributed by atoms with van der Waals surface area (Å²) >= 11 is 0. The minimum Gasteiger partial charge on any atom is -0.444 e. The summed E-state index contributed by atoms with van der Waals surface area (Å²) in [5, 5.41) is 11.8. The van der Waals surface area contributed by atoms with Gasteiger partial charge >= 0.3 is 6.09 Å². The third-order valence-electron chi connectivity index (χ3n) is 8.84. The van der Waals surface area contributed by atoms with Gasteiger partial charge in [-0.15, -0.1) is 0 Å². The second kappa shape index (κ2) is 18.5. The standard InChI is InChI=1S/C45H48N4O5/c1-44(2,3)54-43(53)48-39(31-33-19-9-4-10-20-33)42(52)47-38(41(51)46-32-34-21-11-5-12-22-34)29-30-40(50)49-45(35-23-13-6-14-24-35,36-25-15-7-16-26-36)37-27-17-8-18-28-37/h4-28,38-39H,29-32H2,1-3H3,(H,46,51)(H,47,52)(H,48,53)(H,49,50)/t38-,39-/m0/s1. The Hall–Kier alpha value is -6.22. The molecule has 54 heavy (non-hydrogen) atoms. The summed E-state index contributed by atoms with van der Waals surface area (Å²) in [6.45, 7) is 5.43. The highest BCUT2D eigenvalue weighted by molar-refractivity contribution is 5.92. The number of hydrogen-bond donors (Lipinski definition) is 4. The van der Waals surface area contributed by atoms with Gasteiger partial charge in [0.15, 0.2) is 0 Å². The molecule has 0 aromatic heterocycles. The number of ether oxygens (including phenoxy) is 1. The highest BCUT2D eigenvalue weighted by atomic mass is 16.6. The fourth-order valence-corrected chi connectivity index (χ4v) is 6.29. The number of benzene rings is 5. The molecule has 9 heteroatoms. The molecule has 2 atom stereocenters. The monoisotopic (exact) mass is 724 g/mol. The molecule has 0 aliphatic carbocycles. The van der Waals surface area contributed by atoms with Crippen molar-refractivity contribution in [2.75, 3.05) is 0 Å². The number of nitrogens with one attached hydrogen (secondary N) is 4. The molecule has 0 unspecified atom stereocenters. The van der Waals surface area contributed by atoms with Gasteiger partial charge in [-0.25, -0.2) is 4.79 Å². The third-order valence-corrected chi connectivity index (χ3v) is 8.84. The second-order valence-corrected chi connectivity index (χ2v) is 14.1. The van der Waals surface area contributed by atoms with Gasteiger partial charge in [-0.05, 0) is 55.0 Å². The normalized spacial score (nSPS) is 12.4. The zero-order valence-corrected chi connectivity index (χ0v) is 31.0. The van der Waals surface area contributed by atoms with Crippen LogP contribution in [0.3, 0.4) is 0 Å². The molecule has 5 rings (SSSR count). The van der Waals surface area contributed by atoms with E-state index >= 15 is 0 Å². The van der Waals surface area contributed by atoms with Crippen LogP contribution in [0.5, 0.6) is 0 Å². The first-order chi connectivity index (χ1) is 26.0. The van der Waals surface area contributed by atoms with E-state index in [1.165, 1.54) is 0 Å². The average Bonchev–Trinajstić information content (AvgIpc) is 3.18. The van der Waals surface area contributed by atoms with Gasteiger partial charge in [0, 0.05) is 19.4 Å². The van der Waals surface area contributed by atoms with E-state index in [4.69, 9.17) is 4.74 Å². The van der Waals surface area contributed by atoms with Crippen LogP contribution in [-0.4, -0.2) is 41.5 Å². The minimum absolute atomic E-state index is 0.0167. The summed E-state index contributed by atoms with van der Waals surface area (Å²) in [4.78, 5) is 54.9. The molecule has 0 heterocycles. The fraction of sp³-hybridized carbons (Fsp3) is 0.244. The Morgan fingerprint density at radius 2 is 1.00 bits per heavy atom. The van der Waals surface area contributed by atoms with Gasteiger partial charge in [0.05, 0.1) is 0 Å². The highest BCUT2D eigenvalue weighted by Gasteiger charge is 2.38. The Balaban J connectivity index is 1.41. The summed E-state index contributed by atoms with van der Waals surface area (Å²) in [6.07, 6.45) is -0.724. The van der Waals surface area contributed by atoms with Gasteiger partial charge in [0.1, 0.15) is 23.2 Å². The van der Waals surface area contributed by atoms with Crippen LogP contribution >= 0.6 is 0 Å². The highest BCUT2D eigenvalue weighted by Crippen LogP contribution is 2.37. The lowest BCUT2D eigenvalue weighted by Gasteiger charge is -2.37. The molecule has 5 aromatic rings. The lowest BCUT2D eigenvalue weighted by Crippen LogP contribution is -2.55. The van der Waals surface area contributed by atoms with E-state index in [-0.39, 0.29) is 31.7 Å². The van der Waals surface area contributed by atoms with Crippen LogP contribution in [-0.2, 0) is 37.6 Å². The summed E-state index contributed by atoms with van der Waals surface area (Å²) in [5.41, 5.74) is 2.42. The van der Waals surface area contributed by atoms with Gasteiger partial charge < -0.3 is 26.0 Å². The van der Waals surface area contributed by atoms with Gasteiger partial charge in [0.25, 0.3) is 0 Å². The maximum atomic E-state index is 14.2. The van der Waals surface area contributed by atoms with Gasteiger partial charge in [-0.1, -0.05) is 152 Å². The molecule has 0 spiro atoms. The SMILES string of the molecule is CC(C)(C)OC(=O)N[C@@H](Cc1ccccc1)C(=O)N[C@@H](CCC(=O)NC(c1ccccc1)(c1ccccc1)c1ccccc1)C(=O)NCc1ccccc1. The van der Waals surface area contributed by atoms with Crippen molar-refractivity contribution < 1.29 is 23.9 Å². The molecule has 0 aliphatic heterocycles. The van der Waals surface area contributed by atoms with Crippen LogP contribution in [0.4, 0.5) is 4.79 Å².